The minimum absolute atomic E-state index is 0.0422. The van der Waals surface area contributed by atoms with Crippen LogP contribution in [-0.4, -0.2) is 0 Å². The number of rotatable bonds is 3. The number of hydrogen-bond donors (Lipinski definition) is 0. The Morgan fingerprint density at radius 2 is 1.02 bits per heavy atom. The maximum Gasteiger partial charge on any atom is 0.143 e. The van der Waals surface area contributed by atoms with Gasteiger partial charge in [0.1, 0.15) is 11.2 Å². The van der Waals surface area contributed by atoms with Gasteiger partial charge >= 0.3 is 0 Å². The van der Waals surface area contributed by atoms with Crippen molar-refractivity contribution in [3.8, 4) is 33.4 Å². The number of para-hydroxylation sites is 2. The largest absolute Gasteiger partial charge is 0.455 e. The van der Waals surface area contributed by atoms with Crippen LogP contribution < -0.4 is 0 Å². The van der Waals surface area contributed by atoms with Crippen molar-refractivity contribution in [1.82, 2.24) is 0 Å². The van der Waals surface area contributed by atoms with Crippen molar-refractivity contribution in [2.24, 2.45) is 0 Å². The van der Waals surface area contributed by atoms with Crippen LogP contribution in [0.25, 0.3) is 87.6 Å². The van der Waals surface area contributed by atoms with E-state index in [1.807, 2.05) is 60.7 Å². The molecule has 0 aliphatic heterocycles. The molecule has 1 nitrogen and oxygen atoms in total. The maximum atomic E-state index is 9.27. The molecule has 0 radical (unpaired) electrons. The molecule has 0 fully saturated rings. The molecule has 0 saturated carbocycles. The van der Waals surface area contributed by atoms with Gasteiger partial charge in [-0.15, -0.1) is 0 Å². The first-order valence-electron chi connectivity index (χ1n) is 17.7. The molecule has 0 aliphatic carbocycles. The van der Waals surface area contributed by atoms with Gasteiger partial charge in [-0.1, -0.05) is 139 Å². The quantitative estimate of drug-likeness (QED) is 0.198. The number of furan rings is 1. The Labute approximate surface area is 259 Å². The second-order valence-electron chi connectivity index (χ2n) is 10.7. The minimum atomic E-state index is -0.447. The van der Waals surface area contributed by atoms with E-state index in [-0.39, 0.29) is 57.7 Å². The van der Waals surface area contributed by atoms with Crippen LogP contribution in [0.3, 0.4) is 0 Å². The second kappa shape index (κ2) is 9.44. The molecule has 0 aliphatic rings. The van der Waals surface area contributed by atoms with E-state index in [2.05, 4.69) is 54.6 Å². The van der Waals surface area contributed by atoms with E-state index in [1.165, 1.54) is 0 Å². The van der Waals surface area contributed by atoms with Gasteiger partial charge in [0.2, 0.25) is 0 Å². The summed E-state index contributed by atoms with van der Waals surface area (Å²) in [7, 11) is 0. The lowest BCUT2D eigenvalue weighted by Crippen LogP contribution is -1.92. The zero-order valence-corrected chi connectivity index (χ0v) is 22.9. The van der Waals surface area contributed by atoms with Gasteiger partial charge in [0.05, 0.1) is 9.60 Å². The molecule has 1 aromatic heterocycles. The van der Waals surface area contributed by atoms with Crippen LogP contribution in [0.2, 0.25) is 0 Å². The Hall–Kier alpha value is -5.66. The lowest BCUT2D eigenvalue weighted by Gasteiger charge is -2.19. The van der Waals surface area contributed by atoms with Crippen molar-refractivity contribution in [2.75, 3.05) is 0 Å². The van der Waals surface area contributed by atoms with E-state index in [0.29, 0.717) is 5.56 Å². The molecule has 0 bridgehead atoms. The van der Waals surface area contributed by atoms with E-state index in [4.69, 9.17) is 12.6 Å². The Kier molecular flexibility index (Phi) is 3.95. The first-order chi connectivity index (χ1) is 24.3. The van der Waals surface area contributed by atoms with Crippen LogP contribution in [0.5, 0.6) is 0 Å². The van der Waals surface area contributed by atoms with Crippen LogP contribution in [0.15, 0.2) is 162 Å². The topological polar surface area (TPSA) is 13.1 Å². The molecule has 8 aromatic carbocycles. The van der Waals surface area contributed by atoms with Gasteiger partial charge in [-0.2, -0.15) is 0 Å². The molecular weight excluding hydrogens is 520 g/mol. The fourth-order valence-electron chi connectivity index (χ4n) is 6.52. The first-order valence-corrected chi connectivity index (χ1v) is 14.2. The van der Waals surface area contributed by atoms with E-state index in [0.717, 1.165) is 54.6 Å². The Morgan fingerprint density at radius 1 is 0.419 bits per heavy atom. The lowest BCUT2D eigenvalue weighted by molar-refractivity contribution is 0.670. The van der Waals surface area contributed by atoms with Crippen molar-refractivity contribution >= 4 is 54.3 Å². The smallest absolute Gasteiger partial charge is 0.143 e. The molecule has 1 heteroatoms. The molecule has 0 unspecified atom stereocenters. The SMILES string of the molecule is [2H]c1c([2H])c([2H])c2c(oc3c(-c4c5ccccc5c(-c5cc(-c6ccccc6)c6ccccc6c5)c5ccccc45)c([2H])c([2H])c([2H])c32)c1[2H]. The van der Waals surface area contributed by atoms with Crippen LogP contribution in [0.1, 0.15) is 9.60 Å². The summed E-state index contributed by atoms with van der Waals surface area (Å²) in [5.74, 6) is 0. The van der Waals surface area contributed by atoms with Crippen LogP contribution in [-0.2, 0) is 0 Å². The average Bonchev–Trinajstić information content (AvgIpc) is 3.56. The van der Waals surface area contributed by atoms with Crippen molar-refractivity contribution in [3.63, 3.8) is 0 Å². The van der Waals surface area contributed by atoms with Crippen molar-refractivity contribution in [3.05, 3.63) is 158 Å². The Morgan fingerprint density at radius 3 is 1.77 bits per heavy atom. The molecule has 0 atom stereocenters. The number of fused-ring (bicyclic) bond motifs is 6. The molecule has 9 rings (SSSR count). The lowest BCUT2D eigenvalue weighted by atomic mass is 9.84. The van der Waals surface area contributed by atoms with Crippen LogP contribution in [0.4, 0.5) is 0 Å². The fraction of sp³-hybridized carbons (Fsp3) is 0. The van der Waals surface area contributed by atoms with E-state index < -0.39 is 12.1 Å². The third-order valence-electron chi connectivity index (χ3n) is 8.35. The fourth-order valence-corrected chi connectivity index (χ4v) is 6.52. The van der Waals surface area contributed by atoms with Gasteiger partial charge in [0.15, 0.2) is 0 Å². The average molecular weight is 554 g/mol. The highest BCUT2D eigenvalue weighted by atomic mass is 16.3. The molecule has 0 amide bonds. The summed E-state index contributed by atoms with van der Waals surface area (Å²) in [5, 5.41) is 5.84. The van der Waals surface area contributed by atoms with E-state index in [9.17, 15) is 1.37 Å². The molecule has 9 aromatic rings. The summed E-state index contributed by atoms with van der Waals surface area (Å²) >= 11 is 0. The molecule has 0 saturated heterocycles. The zero-order chi connectivity index (χ0) is 34.4. The molecule has 43 heavy (non-hydrogen) atoms. The predicted octanol–water partition coefficient (Wildman–Crippen LogP) is 12.0. The van der Waals surface area contributed by atoms with Gasteiger partial charge in [0.25, 0.3) is 0 Å². The third-order valence-corrected chi connectivity index (χ3v) is 8.35. The number of benzene rings is 8. The van der Waals surface area contributed by atoms with E-state index >= 15 is 0 Å². The third kappa shape index (κ3) is 3.65. The second-order valence-corrected chi connectivity index (χ2v) is 10.7. The van der Waals surface area contributed by atoms with Crippen molar-refractivity contribution < 1.29 is 14.0 Å². The molecule has 1 heterocycles. The Bertz CT molecular complexity index is 2840. The van der Waals surface area contributed by atoms with Crippen molar-refractivity contribution in [2.45, 2.75) is 0 Å². The standard InChI is InChI=1S/C42H26O/c1-2-13-27(14-3-1)38-26-29(25-28-15-4-5-16-30(28)38)40-32-18-6-8-20-34(32)41(35-21-9-7-19-33(35)40)37-23-12-22-36-31-17-10-11-24-39(31)43-42(36)37/h1-26H/i10D,11D,12D,17D,22D,23D,24D. The Balaban J connectivity index is 1.46. The van der Waals surface area contributed by atoms with Gasteiger partial charge in [-0.05, 0) is 72.7 Å². The molecular formula is C42H26O. The molecule has 0 N–H and O–H groups in total. The van der Waals surface area contributed by atoms with E-state index in [1.54, 1.807) is 0 Å². The monoisotopic (exact) mass is 553 g/mol. The van der Waals surface area contributed by atoms with Gasteiger partial charge in [-0.3, -0.25) is 0 Å². The van der Waals surface area contributed by atoms with Gasteiger partial charge in [-0.25, -0.2) is 0 Å². The highest BCUT2D eigenvalue weighted by Gasteiger charge is 2.20. The van der Waals surface area contributed by atoms with Gasteiger partial charge in [0, 0.05) is 21.9 Å². The zero-order valence-electron chi connectivity index (χ0n) is 29.9. The normalized spacial score (nSPS) is 14.0. The summed E-state index contributed by atoms with van der Waals surface area (Å²) in [4.78, 5) is 0. The predicted molar refractivity (Wildman–Crippen MR) is 183 cm³/mol. The van der Waals surface area contributed by atoms with Crippen LogP contribution >= 0.6 is 0 Å². The highest BCUT2D eigenvalue weighted by Crippen LogP contribution is 2.47. The summed E-state index contributed by atoms with van der Waals surface area (Å²) in [6.45, 7) is 0. The maximum absolute atomic E-state index is 9.27. The van der Waals surface area contributed by atoms with Crippen molar-refractivity contribution in [1.29, 1.82) is 0 Å². The summed E-state index contributed by atoms with van der Waals surface area (Å²) in [5.41, 5.74) is 5.16. The summed E-state index contributed by atoms with van der Waals surface area (Å²) in [6.07, 6.45) is 0. The van der Waals surface area contributed by atoms with Crippen LogP contribution in [0, 0.1) is 0 Å². The van der Waals surface area contributed by atoms with Gasteiger partial charge < -0.3 is 4.42 Å². The minimum Gasteiger partial charge on any atom is -0.455 e. The molecule has 200 valence electrons. The number of hydrogen-bond acceptors (Lipinski definition) is 1. The summed E-state index contributed by atoms with van der Waals surface area (Å²) in [6, 6.07) is 36.6. The summed E-state index contributed by atoms with van der Waals surface area (Å²) < 4.78 is 67.2. The first kappa shape index (κ1) is 18.0. The molecule has 0 spiro atoms. The highest BCUT2D eigenvalue weighted by molar-refractivity contribution is 6.24.